The number of alkyl halides is 3. The number of nitrogens with zero attached hydrogens (tertiary/aromatic N) is 3. The maximum Gasteiger partial charge on any atom is 0.416 e. The first kappa shape index (κ1) is 23.1. The van der Waals surface area contributed by atoms with Gasteiger partial charge in [-0.3, -0.25) is 4.79 Å². The lowest BCUT2D eigenvalue weighted by Crippen LogP contribution is -2.30. The summed E-state index contributed by atoms with van der Waals surface area (Å²) in [6, 6.07) is 9.32. The molecule has 2 unspecified atom stereocenters. The number of imidazole rings is 1. The maximum atomic E-state index is 13.4. The van der Waals surface area contributed by atoms with Gasteiger partial charge in [0.1, 0.15) is 5.82 Å². The summed E-state index contributed by atoms with van der Waals surface area (Å²) in [5, 5.41) is -0.199. The molecule has 0 spiro atoms. The quantitative estimate of drug-likeness (QED) is 0.410. The molecule has 6 nitrogen and oxygen atoms in total. The third-order valence-corrected chi connectivity index (χ3v) is 7.40. The van der Waals surface area contributed by atoms with Gasteiger partial charge in [-0.1, -0.05) is 24.3 Å². The van der Waals surface area contributed by atoms with Crippen LogP contribution in [0, 0.1) is 11.7 Å². The highest BCUT2D eigenvalue weighted by Crippen LogP contribution is 2.38. The SMILES string of the molecule is Cn1cnc(S(=O)(=O)N2CC(C(=O)c3cccc(C(F)(F)F)c3)C(c3ccc(F)cc3)C2)c1. The van der Waals surface area contributed by atoms with Crippen molar-refractivity contribution >= 4 is 15.8 Å². The Morgan fingerprint density at radius 1 is 1.09 bits per heavy atom. The van der Waals surface area contributed by atoms with E-state index < -0.39 is 45.2 Å². The van der Waals surface area contributed by atoms with Crippen molar-refractivity contribution in [2.75, 3.05) is 13.1 Å². The molecule has 33 heavy (non-hydrogen) atoms. The number of hydrogen-bond donors (Lipinski definition) is 0. The molecule has 0 saturated carbocycles. The Kier molecular flexibility index (Phi) is 5.87. The molecule has 2 aromatic carbocycles. The van der Waals surface area contributed by atoms with Crippen molar-refractivity contribution in [2.24, 2.45) is 13.0 Å². The normalized spacial score (nSPS) is 19.7. The van der Waals surface area contributed by atoms with Crippen LogP contribution in [0.25, 0.3) is 0 Å². The van der Waals surface area contributed by atoms with E-state index in [0.717, 1.165) is 22.5 Å². The summed E-state index contributed by atoms with van der Waals surface area (Å²) in [7, 11) is -2.44. The lowest BCUT2D eigenvalue weighted by molar-refractivity contribution is -0.137. The van der Waals surface area contributed by atoms with Crippen LogP contribution in [0.3, 0.4) is 0 Å². The summed E-state index contributed by atoms with van der Waals surface area (Å²) >= 11 is 0. The average Bonchev–Trinajstić information content (AvgIpc) is 3.41. The molecule has 0 aliphatic carbocycles. The number of benzene rings is 2. The molecule has 0 amide bonds. The zero-order chi connectivity index (χ0) is 24.0. The van der Waals surface area contributed by atoms with E-state index in [9.17, 15) is 30.8 Å². The van der Waals surface area contributed by atoms with Crippen LogP contribution in [-0.2, 0) is 23.2 Å². The minimum Gasteiger partial charge on any atom is -0.339 e. The molecule has 0 bridgehead atoms. The fourth-order valence-electron chi connectivity index (χ4n) is 3.99. The number of carbonyl (C=O) groups is 1. The second-order valence-corrected chi connectivity index (χ2v) is 9.79. The monoisotopic (exact) mass is 481 g/mol. The third kappa shape index (κ3) is 4.55. The zero-order valence-electron chi connectivity index (χ0n) is 17.3. The molecule has 0 N–H and O–H groups in total. The Labute approximate surface area is 187 Å². The standard InChI is InChI=1S/C22H19F4N3O3S/c1-28-12-20(27-13-28)33(31,32)29-10-18(14-5-7-17(23)8-6-14)19(11-29)21(30)15-3-2-4-16(9-15)22(24,25)26/h2-9,12-13,18-19H,10-11H2,1H3. The van der Waals surface area contributed by atoms with Crippen LogP contribution in [0.4, 0.5) is 17.6 Å². The van der Waals surface area contributed by atoms with E-state index in [4.69, 9.17) is 0 Å². The summed E-state index contributed by atoms with van der Waals surface area (Å²) in [5.41, 5.74) is -0.623. The molecule has 1 aliphatic rings. The molecule has 2 heterocycles. The first-order chi connectivity index (χ1) is 15.5. The van der Waals surface area contributed by atoms with Crippen LogP contribution < -0.4 is 0 Å². The number of halogens is 4. The number of carbonyl (C=O) groups excluding carboxylic acids is 1. The Balaban J connectivity index is 1.72. The zero-order valence-corrected chi connectivity index (χ0v) is 18.1. The van der Waals surface area contributed by atoms with Crippen LogP contribution in [0.5, 0.6) is 0 Å². The molecular weight excluding hydrogens is 462 g/mol. The molecule has 4 rings (SSSR count). The molecule has 1 fully saturated rings. The van der Waals surface area contributed by atoms with Crippen molar-refractivity contribution in [1.29, 1.82) is 0 Å². The summed E-state index contributed by atoms with van der Waals surface area (Å²) in [5.74, 6) is -2.76. The number of aromatic nitrogens is 2. The molecule has 0 radical (unpaired) electrons. The molecule has 11 heteroatoms. The van der Waals surface area contributed by atoms with Crippen molar-refractivity contribution in [3.05, 3.63) is 83.6 Å². The third-order valence-electron chi connectivity index (χ3n) is 5.68. The van der Waals surface area contributed by atoms with Crippen molar-refractivity contribution in [3.63, 3.8) is 0 Å². The Morgan fingerprint density at radius 2 is 1.79 bits per heavy atom. The van der Waals surface area contributed by atoms with Crippen LogP contribution >= 0.6 is 0 Å². The van der Waals surface area contributed by atoms with E-state index in [1.165, 1.54) is 47.4 Å². The van der Waals surface area contributed by atoms with Gasteiger partial charge in [0.2, 0.25) is 0 Å². The molecule has 1 aromatic heterocycles. The molecule has 174 valence electrons. The van der Waals surface area contributed by atoms with E-state index in [-0.39, 0.29) is 23.7 Å². The lowest BCUT2D eigenvalue weighted by Gasteiger charge is -2.18. The molecule has 2 atom stereocenters. The number of aryl methyl sites for hydroxylation is 1. The van der Waals surface area contributed by atoms with Gasteiger partial charge in [0.25, 0.3) is 10.0 Å². The van der Waals surface area contributed by atoms with Crippen molar-refractivity contribution in [2.45, 2.75) is 17.1 Å². The van der Waals surface area contributed by atoms with Crippen LogP contribution in [0.1, 0.15) is 27.4 Å². The van der Waals surface area contributed by atoms with Gasteiger partial charge >= 0.3 is 6.18 Å². The second kappa shape index (κ2) is 8.38. The highest BCUT2D eigenvalue weighted by molar-refractivity contribution is 7.89. The Morgan fingerprint density at radius 3 is 2.39 bits per heavy atom. The number of Topliss-reactive ketones (excluding diaryl/α,β-unsaturated/α-hetero) is 1. The highest BCUT2D eigenvalue weighted by Gasteiger charge is 2.44. The average molecular weight is 481 g/mol. The first-order valence-electron chi connectivity index (χ1n) is 9.92. The van der Waals surface area contributed by atoms with Crippen molar-refractivity contribution < 1.29 is 30.8 Å². The summed E-state index contributed by atoms with van der Waals surface area (Å²) in [6.07, 6.45) is -1.98. The Hall–Kier alpha value is -3.05. The summed E-state index contributed by atoms with van der Waals surface area (Å²) in [4.78, 5) is 17.2. The molecule has 3 aromatic rings. The molecule has 1 saturated heterocycles. The predicted octanol–water partition coefficient (Wildman–Crippen LogP) is 3.87. The van der Waals surface area contributed by atoms with Crippen LogP contribution in [-0.4, -0.2) is 41.1 Å². The largest absolute Gasteiger partial charge is 0.416 e. The van der Waals surface area contributed by atoms with Crippen molar-refractivity contribution in [3.8, 4) is 0 Å². The van der Waals surface area contributed by atoms with Gasteiger partial charge in [-0.25, -0.2) is 17.8 Å². The topological polar surface area (TPSA) is 72.3 Å². The van der Waals surface area contributed by atoms with E-state index in [1.807, 2.05) is 0 Å². The smallest absolute Gasteiger partial charge is 0.339 e. The number of ketones is 1. The van der Waals surface area contributed by atoms with Gasteiger partial charge in [0, 0.05) is 43.7 Å². The lowest BCUT2D eigenvalue weighted by atomic mass is 9.83. The van der Waals surface area contributed by atoms with Gasteiger partial charge in [0.05, 0.1) is 11.9 Å². The predicted molar refractivity (Wildman–Crippen MR) is 110 cm³/mol. The van der Waals surface area contributed by atoms with Gasteiger partial charge in [0.15, 0.2) is 10.8 Å². The van der Waals surface area contributed by atoms with Gasteiger partial charge in [-0.2, -0.15) is 17.5 Å². The minimum atomic E-state index is -4.63. The number of sulfonamides is 1. The first-order valence-corrected chi connectivity index (χ1v) is 11.4. The fraction of sp³-hybridized carbons (Fsp3) is 0.273. The molecule has 1 aliphatic heterocycles. The number of rotatable bonds is 5. The second-order valence-electron chi connectivity index (χ2n) is 7.91. The van der Waals surface area contributed by atoms with Gasteiger partial charge in [-0.05, 0) is 29.8 Å². The minimum absolute atomic E-state index is 0.0973. The van der Waals surface area contributed by atoms with Crippen LogP contribution in [0.2, 0.25) is 0 Å². The van der Waals surface area contributed by atoms with E-state index >= 15 is 0 Å². The van der Waals surface area contributed by atoms with Gasteiger partial charge < -0.3 is 4.57 Å². The molecular formula is C22H19F4N3O3S. The summed E-state index contributed by atoms with van der Waals surface area (Å²) < 4.78 is 81.7. The van der Waals surface area contributed by atoms with E-state index in [0.29, 0.717) is 5.56 Å². The summed E-state index contributed by atoms with van der Waals surface area (Å²) in [6.45, 7) is -0.337. The fourth-order valence-corrected chi connectivity index (χ4v) is 5.45. The highest BCUT2D eigenvalue weighted by atomic mass is 32.2. The maximum absolute atomic E-state index is 13.4. The van der Waals surface area contributed by atoms with Crippen LogP contribution in [0.15, 0.2) is 66.1 Å². The Bertz CT molecular complexity index is 1290. The van der Waals surface area contributed by atoms with E-state index in [1.54, 1.807) is 7.05 Å². The number of hydrogen-bond acceptors (Lipinski definition) is 4. The van der Waals surface area contributed by atoms with E-state index in [2.05, 4.69) is 4.98 Å². The van der Waals surface area contributed by atoms with Crippen molar-refractivity contribution in [1.82, 2.24) is 13.9 Å². The van der Waals surface area contributed by atoms with Gasteiger partial charge in [-0.15, -0.1) is 0 Å².